The predicted molar refractivity (Wildman–Crippen MR) is 81.7 cm³/mol. The Kier molecular flexibility index (Phi) is 5.22. The number of nitrogens with one attached hydrogen (secondary N) is 1. The molecule has 0 amide bonds. The van der Waals surface area contributed by atoms with Crippen LogP contribution in [0.25, 0.3) is 0 Å². The summed E-state index contributed by atoms with van der Waals surface area (Å²) in [5.74, 6) is 2.64. The summed E-state index contributed by atoms with van der Waals surface area (Å²) >= 11 is 0. The first kappa shape index (κ1) is 15.5. The maximum atomic E-state index is 5.90. The maximum absolute atomic E-state index is 5.90. The molecule has 1 aliphatic heterocycles. The second kappa shape index (κ2) is 6.72. The maximum Gasteiger partial charge on any atom is 0.208 e. The Morgan fingerprint density at radius 1 is 1.35 bits per heavy atom. The first-order chi connectivity index (χ1) is 9.49. The van der Waals surface area contributed by atoms with Crippen molar-refractivity contribution in [3.8, 4) is 0 Å². The van der Waals surface area contributed by atoms with Crippen LogP contribution in [0.15, 0.2) is 10.6 Å². The molecule has 1 N–H and O–H groups in total. The van der Waals surface area contributed by atoms with Gasteiger partial charge >= 0.3 is 0 Å². The third kappa shape index (κ3) is 4.32. The van der Waals surface area contributed by atoms with Gasteiger partial charge in [0.05, 0.1) is 12.7 Å². The van der Waals surface area contributed by atoms with Crippen molar-refractivity contribution in [1.82, 2.24) is 15.2 Å². The molecular formula is C16H29N3O. The molecule has 0 aromatic carbocycles. The first-order valence-corrected chi connectivity index (χ1v) is 7.87. The molecule has 1 fully saturated rings. The Morgan fingerprint density at radius 3 is 2.60 bits per heavy atom. The van der Waals surface area contributed by atoms with E-state index in [-0.39, 0.29) is 5.41 Å². The van der Waals surface area contributed by atoms with Crippen LogP contribution in [0.5, 0.6) is 0 Å². The lowest BCUT2D eigenvalue weighted by molar-refractivity contribution is 0.189. The molecule has 4 heteroatoms. The topological polar surface area (TPSA) is 41.3 Å². The van der Waals surface area contributed by atoms with E-state index in [1.165, 1.54) is 12.8 Å². The lowest BCUT2D eigenvalue weighted by Gasteiger charge is -2.28. The molecule has 2 rings (SSSR count). The zero-order chi connectivity index (χ0) is 14.6. The zero-order valence-electron chi connectivity index (χ0n) is 13.4. The number of oxazole rings is 1. The molecule has 1 aliphatic rings. The van der Waals surface area contributed by atoms with Gasteiger partial charge in [0.15, 0.2) is 0 Å². The van der Waals surface area contributed by atoms with Crippen LogP contribution in [0.2, 0.25) is 0 Å². The number of rotatable bonds is 5. The normalized spacial score (nSPS) is 17.9. The lowest BCUT2D eigenvalue weighted by atomic mass is 9.94. The van der Waals surface area contributed by atoms with Crippen LogP contribution in [0.1, 0.15) is 52.2 Å². The van der Waals surface area contributed by atoms with Gasteiger partial charge in [0.1, 0.15) is 5.76 Å². The fourth-order valence-electron chi connectivity index (χ4n) is 2.66. The highest BCUT2D eigenvalue weighted by Crippen LogP contribution is 2.23. The summed E-state index contributed by atoms with van der Waals surface area (Å²) in [6, 6.07) is 0. The monoisotopic (exact) mass is 279 g/mol. The van der Waals surface area contributed by atoms with Gasteiger partial charge in [0.2, 0.25) is 5.89 Å². The standard InChI is InChI=1S/C16H29N3O/c1-5-19(11-13-6-8-17-9-7-13)12-15-18-10-14(20-15)16(2,3)4/h10,13,17H,5-9,11-12H2,1-4H3. The van der Waals surface area contributed by atoms with Gasteiger partial charge in [-0.15, -0.1) is 0 Å². The Hall–Kier alpha value is -0.870. The third-order valence-corrected chi connectivity index (χ3v) is 4.07. The van der Waals surface area contributed by atoms with Gasteiger partial charge in [-0.2, -0.15) is 0 Å². The van der Waals surface area contributed by atoms with Crippen molar-refractivity contribution < 1.29 is 4.42 Å². The van der Waals surface area contributed by atoms with Crippen molar-refractivity contribution in [3.63, 3.8) is 0 Å². The van der Waals surface area contributed by atoms with E-state index < -0.39 is 0 Å². The van der Waals surface area contributed by atoms with Crippen LogP contribution in [0, 0.1) is 5.92 Å². The fourth-order valence-corrected chi connectivity index (χ4v) is 2.66. The summed E-state index contributed by atoms with van der Waals surface area (Å²) < 4.78 is 5.90. The van der Waals surface area contributed by atoms with E-state index in [1.54, 1.807) is 0 Å². The Morgan fingerprint density at radius 2 is 2.05 bits per heavy atom. The SMILES string of the molecule is CCN(Cc1ncc(C(C)(C)C)o1)CC1CCNCC1. The molecule has 0 atom stereocenters. The third-order valence-electron chi connectivity index (χ3n) is 4.07. The first-order valence-electron chi connectivity index (χ1n) is 7.87. The highest BCUT2D eigenvalue weighted by atomic mass is 16.4. The quantitative estimate of drug-likeness (QED) is 0.900. The molecule has 0 saturated carbocycles. The fraction of sp³-hybridized carbons (Fsp3) is 0.812. The van der Waals surface area contributed by atoms with Gasteiger partial charge in [-0.1, -0.05) is 27.7 Å². The number of piperidine rings is 1. The molecule has 0 bridgehead atoms. The van der Waals surface area contributed by atoms with Crippen LogP contribution in [0.3, 0.4) is 0 Å². The average Bonchev–Trinajstić information content (AvgIpc) is 2.87. The van der Waals surface area contributed by atoms with Gasteiger partial charge in [0.25, 0.3) is 0 Å². The van der Waals surface area contributed by atoms with Crippen molar-refractivity contribution in [1.29, 1.82) is 0 Å². The van der Waals surface area contributed by atoms with E-state index >= 15 is 0 Å². The van der Waals surface area contributed by atoms with Gasteiger partial charge in [0, 0.05) is 12.0 Å². The van der Waals surface area contributed by atoms with Crippen LogP contribution in [-0.4, -0.2) is 36.1 Å². The van der Waals surface area contributed by atoms with Gasteiger partial charge in [-0.3, -0.25) is 4.90 Å². The molecule has 0 spiro atoms. The molecule has 1 aromatic heterocycles. The van der Waals surface area contributed by atoms with E-state index in [2.05, 4.69) is 42.9 Å². The van der Waals surface area contributed by atoms with Crippen LogP contribution < -0.4 is 5.32 Å². The molecule has 1 aromatic rings. The summed E-state index contributed by atoms with van der Waals surface area (Å²) in [5, 5.41) is 3.43. The molecule has 4 nitrogen and oxygen atoms in total. The molecule has 1 saturated heterocycles. The van der Waals surface area contributed by atoms with E-state index in [0.29, 0.717) is 0 Å². The van der Waals surface area contributed by atoms with Crippen molar-refractivity contribution in [2.24, 2.45) is 5.92 Å². The largest absolute Gasteiger partial charge is 0.444 e. The van der Waals surface area contributed by atoms with E-state index in [0.717, 1.165) is 50.3 Å². The van der Waals surface area contributed by atoms with Crippen molar-refractivity contribution >= 4 is 0 Å². The lowest BCUT2D eigenvalue weighted by Crippen LogP contribution is -2.36. The summed E-state index contributed by atoms with van der Waals surface area (Å²) in [6.07, 6.45) is 4.46. The number of nitrogens with zero attached hydrogens (tertiary/aromatic N) is 2. The van der Waals surface area contributed by atoms with E-state index in [1.807, 2.05) is 6.20 Å². The number of aromatic nitrogens is 1. The molecular weight excluding hydrogens is 250 g/mol. The van der Waals surface area contributed by atoms with Crippen molar-refractivity contribution in [2.75, 3.05) is 26.2 Å². The molecule has 20 heavy (non-hydrogen) atoms. The minimum Gasteiger partial charge on any atom is -0.444 e. The number of hydrogen-bond donors (Lipinski definition) is 1. The minimum atomic E-state index is 0.0390. The molecule has 2 heterocycles. The minimum absolute atomic E-state index is 0.0390. The van der Waals surface area contributed by atoms with Crippen LogP contribution in [-0.2, 0) is 12.0 Å². The summed E-state index contributed by atoms with van der Waals surface area (Å²) in [4.78, 5) is 6.90. The molecule has 0 radical (unpaired) electrons. The molecule has 0 unspecified atom stereocenters. The predicted octanol–water partition coefficient (Wildman–Crippen LogP) is 2.79. The summed E-state index contributed by atoms with van der Waals surface area (Å²) in [7, 11) is 0. The Balaban J connectivity index is 1.90. The molecule has 114 valence electrons. The summed E-state index contributed by atoms with van der Waals surface area (Å²) in [6.45, 7) is 14.1. The van der Waals surface area contributed by atoms with Crippen LogP contribution in [0.4, 0.5) is 0 Å². The van der Waals surface area contributed by atoms with Crippen LogP contribution >= 0.6 is 0 Å². The smallest absolute Gasteiger partial charge is 0.208 e. The molecule has 0 aliphatic carbocycles. The van der Waals surface area contributed by atoms with Gasteiger partial charge < -0.3 is 9.73 Å². The Labute approximate surface area is 122 Å². The second-order valence-electron chi connectivity index (χ2n) is 6.89. The summed E-state index contributed by atoms with van der Waals surface area (Å²) in [5.41, 5.74) is 0.0390. The zero-order valence-corrected chi connectivity index (χ0v) is 13.4. The van der Waals surface area contributed by atoms with E-state index in [4.69, 9.17) is 4.42 Å². The van der Waals surface area contributed by atoms with Gasteiger partial charge in [-0.25, -0.2) is 4.98 Å². The highest BCUT2D eigenvalue weighted by molar-refractivity contribution is 5.05. The Bertz CT molecular complexity index is 402. The van der Waals surface area contributed by atoms with Crippen molar-refractivity contribution in [2.45, 2.75) is 52.5 Å². The highest BCUT2D eigenvalue weighted by Gasteiger charge is 2.21. The van der Waals surface area contributed by atoms with E-state index in [9.17, 15) is 0 Å². The van der Waals surface area contributed by atoms with Gasteiger partial charge in [-0.05, 0) is 38.4 Å². The van der Waals surface area contributed by atoms with Crippen molar-refractivity contribution in [3.05, 3.63) is 17.8 Å². The number of hydrogen-bond acceptors (Lipinski definition) is 4. The second-order valence-corrected chi connectivity index (χ2v) is 6.89. The average molecular weight is 279 g/mol.